The molecule has 0 aliphatic carbocycles. The van der Waals surface area contributed by atoms with Gasteiger partial charge in [0.05, 0.1) is 22.8 Å². The fourth-order valence-electron chi connectivity index (χ4n) is 4.16. The highest BCUT2D eigenvalue weighted by atomic mass is 32.1. The molecular formula is C26H23N3O2S. The van der Waals surface area contributed by atoms with Crippen molar-refractivity contribution in [1.82, 2.24) is 15.2 Å². The van der Waals surface area contributed by atoms with E-state index < -0.39 is 0 Å². The van der Waals surface area contributed by atoms with Crippen molar-refractivity contribution in [2.75, 3.05) is 13.1 Å². The molecule has 0 bridgehead atoms. The molecule has 1 fully saturated rings. The molecule has 1 aromatic heterocycles. The SMILES string of the molecule is O=C(NCC(=O)N1CCCC1c1nc2ccccc2s1)c1ccc(-c2ccccc2)cc1. The minimum absolute atomic E-state index is 0.0121. The minimum Gasteiger partial charge on any atom is -0.343 e. The first-order chi connectivity index (χ1) is 15.7. The first kappa shape index (κ1) is 20.4. The van der Waals surface area contributed by atoms with Crippen LogP contribution in [-0.2, 0) is 4.79 Å². The molecule has 1 saturated heterocycles. The zero-order chi connectivity index (χ0) is 21.9. The highest BCUT2D eigenvalue weighted by Gasteiger charge is 2.32. The van der Waals surface area contributed by atoms with E-state index in [9.17, 15) is 9.59 Å². The Bertz CT molecular complexity index is 1220. The summed E-state index contributed by atoms with van der Waals surface area (Å²) in [5, 5.41) is 3.76. The Kier molecular flexibility index (Phi) is 5.69. The number of hydrogen-bond donors (Lipinski definition) is 1. The van der Waals surface area contributed by atoms with Crippen LogP contribution >= 0.6 is 11.3 Å². The van der Waals surface area contributed by atoms with E-state index in [1.54, 1.807) is 23.5 Å². The number of fused-ring (bicyclic) bond motifs is 1. The number of thiazole rings is 1. The zero-order valence-electron chi connectivity index (χ0n) is 17.5. The van der Waals surface area contributed by atoms with Gasteiger partial charge in [0.15, 0.2) is 0 Å². The predicted molar refractivity (Wildman–Crippen MR) is 128 cm³/mol. The molecule has 1 atom stereocenters. The fourth-order valence-corrected chi connectivity index (χ4v) is 5.27. The Balaban J connectivity index is 1.22. The maximum atomic E-state index is 12.9. The van der Waals surface area contributed by atoms with Crippen LogP contribution in [0.15, 0.2) is 78.9 Å². The second-order valence-electron chi connectivity index (χ2n) is 7.89. The first-order valence-corrected chi connectivity index (χ1v) is 11.6. The van der Waals surface area contributed by atoms with Gasteiger partial charge in [-0.05, 0) is 48.2 Å². The number of carbonyl (C=O) groups excluding carboxylic acids is 2. The fraction of sp³-hybridized carbons (Fsp3) is 0.192. The summed E-state index contributed by atoms with van der Waals surface area (Å²) in [5.41, 5.74) is 3.67. The smallest absolute Gasteiger partial charge is 0.251 e. The average molecular weight is 442 g/mol. The monoisotopic (exact) mass is 441 g/mol. The van der Waals surface area contributed by atoms with Gasteiger partial charge in [-0.1, -0.05) is 54.6 Å². The first-order valence-electron chi connectivity index (χ1n) is 10.8. The van der Waals surface area contributed by atoms with Gasteiger partial charge in [-0.15, -0.1) is 11.3 Å². The second-order valence-corrected chi connectivity index (χ2v) is 8.95. The van der Waals surface area contributed by atoms with Crippen molar-refractivity contribution in [3.63, 3.8) is 0 Å². The molecule has 6 heteroatoms. The highest BCUT2D eigenvalue weighted by Crippen LogP contribution is 2.36. The Labute approximate surface area is 190 Å². The van der Waals surface area contributed by atoms with Gasteiger partial charge in [0.25, 0.3) is 5.91 Å². The number of hydrogen-bond acceptors (Lipinski definition) is 4. The Morgan fingerprint density at radius 2 is 1.66 bits per heavy atom. The van der Waals surface area contributed by atoms with Crippen LogP contribution in [0, 0.1) is 0 Å². The number of likely N-dealkylation sites (tertiary alicyclic amines) is 1. The van der Waals surface area contributed by atoms with Gasteiger partial charge in [0, 0.05) is 12.1 Å². The van der Waals surface area contributed by atoms with Crippen molar-refractivity contribution in [3.8, 4) is 11.1 Å². The molecule has 0 radical (unpaired) electrons. The van der Waals surface area contributed by atoms with E-state index >= 15 is 0 Å². The topological polar surface area (TPSA) is 62.3 Å². The van der Waals surface area contributed by atoms with Crippen molar-refractivity contribution in [1.29, 1.82) is 0 Å². The van der Waals surface area contributed by atoms with E-state index in [1.165, 1.54) is 0 Å². The third-order valence-corrected chi connectivity index (χ3v) is 6.96. The Morgan fingerprint density at radius 3 is 2.44 bits per heavy atom. The van der Waals surface area contributed by atoms with Crippen LogP contribution in [0.2, 0.25) is 0 Å². The van der Waals surface area contributed by atoms with E-state index in [0.717, 1.165) is 39.2 Å². The molecule has 1 aliphatic rings. The number of nitrogens with zero attached hydrogens (tertiary/aromatic N) is 2. The van der Waals surface area contributed by atoms with E-state index in [-0.39, 0.29) is 24.4 Å². The normalized spacial score (nSPS) is 15.8. The minimum atomic E-state index is -0.242. The van der Waals surface area contributed by atoms with Crippen LogP contribution in [0.1, 0.15) is 34.2 Å². The molecule has 4 aromatic rings. The van der Waals surface area contributed by atoms with Crippen molar-refractivity contribution in [2.24, 2.45) is 0 Å². The van der Waals surface area contributed by atoms with E-state index in [0.29, 0.717) is 12.1 Å². The van der Waals surface area contributed by atoms with Gasteiger partial charge in [-0.3, -0.25) is 9.59 Å². The average Bonchev–Trinajstić information content (AvgIpc) is 3.50. The lowest BCUT2D eigenvalue weighted by atomic mass is 10.0. The molecule has 2 amide bonds. The molecule has 0 saturated carbocycles. The number of amides is 2. The lowest BCUT2D eigenvalue weighted by molar-refractivity contribution is -0.131. The van der Waals surface area contributed by atoms with Crippen molar-refractivity contribution >= 4 is 33.4 Å². The number of benzene rings is 3. The summed E-state index contributed by atoms with van der Waals surface area (Å²) in [6.45, 7) is 0.682. The molecule has 3 aromatic carbocycles. The Hall–Kier alpha value is -3.51. The van der Waals surface area contributed by atoms with Gasteiger partial charge in [0.2, 0.25) is 5.91 Å². The lowest BCUT2D eigenvalue weighted by Crippen LogP contribution is -2.39. The summed E-state index contributed by atoms with van der Waals surface area (Å²) in [5.74, 6) is -0.310. The lowest BCUT2D eigenvalue weighted by Gasteiger charge is -2.23. The summed E-state index contributed by atoms with van der Waals surface area (Å²) < 4.78 is 1.13. The second kappa shape index (κ2) is 8.93. The van der Waals surface area contributed by atoms with Crippen LogP contribution in [0.5, 0.6) is 0 Å². The molecule has 160 valence electrons. The van der Waals surface area contributed by atoms with Crippen LogP contribution < -0.4 is 5.32 Å². The van der Waals surface area contributed by atoms with Crippen LogP contribution in [0.25, 0.3) is 21.3 Å². The van der Waals surface area contributed by atoms with Gasteiger partial charge >= 0.3 is 0 Å². The highest BCUT2D eigenvalue weighted by molar-refractivity contribution is 7.18. The molecule has 0 spiro atoms. The number of nitrogens with one attached hydrogen (secondary N) is 1. The number of rotatable bonds is 5. The summed E-state index contributed by atoms with van der Waals surface area (Å²) in [7, 11) is 0. The Morgan fingerprint density at radius 1 is 0.938 bits per heavy atom. The van der Waals surface area contributed by atoms with Crippen LogP contribution in [0.3, 0.4) is 0 Å². The molecule has 1 unspecified atom stereocenters. The van der Waals surface area contributed by atoms with Gasteiger partial charge < -0.3 is 10.2 Å². The van der Waals surface area contributed by atoms with Crippen molar-refractivity contribution < 1.29 is 9.59 Å². The van der Waals surface area contributed by atoms with E-state index in [4.69, 9.17) is 4.98 Å². The van der Waals surface area contributed by atoms with Crippen molar-refractivity contribution in [3.05, 3.63) is 89.4 Å². The van der Waals surface area contributed by atoms with Gasteiger partial charge in [-0.2, -0.15) is 0 Å². The molecule has 1 aliphatic heterocycles. The van der Waals surface area contributed by atoms with Crippen LogP contribution in [0.4, 0.5) is 0 Å². The number of aromatic nitrogens is 1. The molecule has 5 nitrogen and oxygen atoms in total. The summed E-state index contributed by atoms with van der Waals surface area (Å²) >= 11 is 1.64. The summed E-state index contributed by atoms with van der Waals surface area (Å²) in [4.78, 5) is 32.1. The summed E-state index contributed by atoms with van der Waals surface area (Å²) in [6, 6.07) is 25.5. The molecule has 2 heterocycles. The summed E-state index contributed by atoms with van der Waals surface area (Å²) in [6.07, 6.45) is 1.85. The third kappa shape index (κ3) is 4.14. The quantitative estimate of drug-likeness (QED) is 0.471. The van der Waals surface area contributed by atoms with Gasteiger partial charge in [-0.25, -0.2) is 4.98 Å². The standard InChI is InChI=1S/C26H23N3O2S/c30-24(29-16-6-10-22(29)26-28-21-9-4-5-11-23(21)32-26)17-27-25(31)20-14-12-19(13-15-20)18-7-2-1-3-8-18/h1-5,7-9,11-15,22H,6,10,16-17H2,(H,27,31). The maximum absolute atomic E-state index is 12.9. The van der Waals surface area contributed by atoms with Crippen LogP contribution in [-0.4, -0.2) is 34.8 Å². The third-order valence-electron chi connectivity index (χ3n) is 5.82. The molecule has 32 heavy (non-hydrogen) atoms. The maximum Gasteiger partial charge on any atom is 0.251 e. The molecular weight excluding hydrogens is 418 g/mol. The largest absolute Gasteiger partial charge is 0.343 e. The predicted octanol–water partition coefficient (Wildman–Crippen LogP) is 5.06. The zero-order valence-corrected chi connectivity index (χ0v) is 18.3. The number of carbonyl (C=O) groups is 2. The molecule has 5 rings (SSSR count). The molecule has 1 N–H and O–H groups in total. The van der Waals surface area contributed by atoms with E-state index in [2.05, 4.69) is 11.4 Å². The van der Waals surface area contributed by atoms with Crippen molar-refractivity contribution in [2.45, 2.75) is 18.9 Å². The number of para-hydroxylation sites is 1. The van der Waals surface area contributed by atoms with Gasteiger partial charge in [0.1, 0.15) is 5.01 Å². The van der Waals surface area contributed by atoms with E-state index in [1.807, 2.05) is 65.6 Å².